The Balaban J connectivity index is 1.58. The zero-order chi connectivity index (χ0) is 19.0. The Morgan fingerprint density at radius 3 is 2.59 bits per heavy atom. The van der Waals surface area contributed by atoms with Crippen molar-refractivity contribution in [3.63, 3.8) is 0 Å². The Morgan fingerprint density at radius 1 is 1.19 bits per heavy atom. The molecule has 6 nitrogen and oxygen atoms in total. The van der Waals surface area contributed by atoms with Gasteiger partial charge in [-0.05, 0) is 45.2 Å². The van der Waals surface area contributed by atoms with Gasteiger partial charge >= 0.3 is 0 Å². The lowest BCUT2D eigenvalue weighted by molar-refractivity contribution is 0.100. The number of rotatable bonds is 5. The van der Waals surface area contributed by atoms with E-state index in [-0.39, 0.29) is 11.4 Å². The largest absolute Gasteiger partial charge is 0.305 e. The fraction of sp³-hybridized carbons (Fsp3) is 0.381. The van der Waals surface area contributed by atoms with Gasteiger partial charge in [-0.25, -0.2) is 4.68 Å². The maximum absolute atomic E-state index is 13.0. The van der Waals surface area contributed by atoms with Crippen LogP contribution in [0.2, 0.25) is 0 Å². The van der Waals surface area contributed by atoms with E-state index in [1.807, 2.05) is 47.1 Å². The topological polar surface area (TPSA) is 64.7 Å². The number of amides is 1. The molecule has 1 aliphatic carbocycles. The van der Waals surface area contributed by atoms with Crippen LogP contribution >= 0.6 is 0 Å². The lowest BCUT2D eigenvalue weighted by Gasteiger charge is -2.22. The molecule has 140 valence electrons. The number of benzene rings is 1. The highest BCUT2D eigenvalue weighted by molar-refractivity contribution is 6.02. The number of nitrogens with one attached hydrogen (secondary N) is 1. The summed E-state index contributed by atoms with van der Waals surface area (Å²) in [5.41, 5.74) is 2.49. The number of hydrogen-bond acceptors (Lipinski definition) is 3. The van der Waals surface area contributed by atoms with Gasteiger partial charge in [-0.15, -0.1) is 0 Å². The van der Waals surface area contributed by atoms with Gasteiger partial charge in [-0.1, -0.05) is 30.3 Å². The smallest absolute Gasteiger partial charge is 0.275 e. The molecule has 1 aliphatic rings. The van der Waals surface area contributed by atoms with Gasteiger partial charge in [0, 0.05) is 12.0 Å². The third-order valence-electron chi connectivity index (χ3n) is 4.73. The number of aromatic nitrogens is 4. The summed E-state index contributed by atoms with van der Waals surface area (Å²) in [6.07, 6.45) is 4.02. The highest BCUT2D eigenvalue weighted by atomic mass is 16.2. The third-order valence-corrected chi connectivity index (χ3v) is 4.73. The molecule has 6 heteroatoms. The lowest BCUT2D eigenvalue weighted by atomic mass is 10.1. The second kappa shape index (κ2) is 6.68. The fourth-order valence-electron chi connectivity index (χ4n) is 3.15. The van der Waals surface area contributed by atoms with E-state index in [0.717, 1.165) is 24.1 Å². The quantitative estimate of drug-likeness (QED) is 0.745. The van der Waals surface area contributed by atoms with Crippen molar-refractivity contribution >= 4 is 11.7 Å². The van der Waals surface area contributed by atoms with Gasteiger partial charge in [0.15, 0.2) is 0 Å². The normalized spacial score (nSPS) is 14.3. The van der Waals surface area contributed by atoms with Crippen LogP contribution in [0, 0.1) is 0 Å². The van der Waals surface area contributed by atoms with Crippen LogP contribution in [-0.2, 0) is 12.1 Å². The van der Waals surface area contributed by atoms with E-state index >= 15 is 0 Å². The maximum atomic E-state index is 13.0. The van der Waals surface area contributed by atoms with Crippen LogP contribution in [0.5, 0.6) is 0 Å². The average Bonchev–Trinajstić information content (AvgIpc) is 3.22. The second-order valence-corrected chi connectivity index (χ2v) is 8.13. The standard InChI is InChI=1S/C21H25N5O/c1-21(2,3)26-18(13-17(24-26)16-9-10-16)20(27)23-19-11-12-22-25(19)14-15-7-5-4-6-8-15/h4-8,11-13,16H,9-10,14H2,1-3H3,(H,23,27). The van der Waals surface area contributed by atoms with Crippen molar-refractivity contribution in [3.8, 4) is 0 Å². The molecule has 0 radical (unpaired) electrons. The molecule has 2 aromatic heterocycles. The van der Waals surface area contributed by atoms with Crippen LogP contribution in [0.3, 0.4) is 0 Å². The Morgan fingerprint density at radius 2 is 1.93 bits per heavy atom. The SMILES string of the molecule is CC(C)(C)n1nc(C2CC2)cc1C(=O)Nc1ccnn1Cc1ccccc1. The zero-order valence-corrected chi connectivity index (χ0v) is 16.0. The molecule has 0 bridgehead atoms. The van der Waals surface area contributed by atoms with Gasteiger partial charge in [-0.2, -0.15) is 10.2 Å². The minimum absolute atomic E-state index is 0.154. The first-order valence-corrected chi connectivity index (χ1v) is 9.39. The summed E-state index contributed by atoms with van der Waals surface area (Å²) in [6.45, 7) is 6.79. The van der Waals surface area contributed by atoms with Crippen molar-refractivity contribution < 1.29 is 4.79 Å². The fourth-order valence-corrected chi connectivity index (χ4v) is 3.15. The molecule has 1 aromatic carbocycles. The maximum Gasteiger partial charge on any atom is 0.275 e. The number of nitrogens with zero attached hydrogens (tertiary/aromatic N) is 4. The summed E-state index contributed by atoms with van der Waals surface area (Å²) >= 11 is 0. The molecule has 0 unspecified atom stereocenters. The lowest BCUT2D eigenvalue weighted by Crippen LogP contribution is -2.29. The molecule has 0 spiro atoms. The summed E-state index contributed by atoms with van der Waals surface area (Å²) in [4.78, 5) is 13.0. The van der Waals surface area contributed by atoms with E-state index in [0.29, 0.717) is 24.0 Å². The van der Waals surface area contributed by atoms with E-state index in [2.05, 4.69) is 31.2 Å². The zero-order valence-electron chi connectivity index (χ0n) is 16.0. The van der Waals surface area contributed by atoms with Gasteiger partial charge in [0.25, 0.3) is 5.91 Å². The number of anilines is 1. The van der Waals surface area contributed by atoms with Crippen LogP contribution in [-0.4, -0.2) is 25.5 Å². The van der Waals surface area contributed by atoms with Crippen molar-refractivity contribution in [2.75, 3.05) is 5.32 Å². The van der Waals surface area contributed by atoms with Crippen LogP contribution < -0.4 is 5.32 Å². The molecular formula is C21H25N5O. The van der Waals surface area contributed by atoms with Gasteiger partial charge in [-0.3, -0.25) is 9.48 Å². The monoisotopic (exact) mass is 363 g/mol. The van der Waals surface area contributed by atoms with Crippen molar-refractivity contribution in [1.29, 1.82) is 0 Å². The molecule has 2 heterocycles. The van der Waals surface area contributed by atoms with Crippen LogP contribution in [0.15, 0.2) is 48.7 Å². The Hall–Kier alpha value is -2.89. The Kier molecular flexibility index (Phi) is 4.34. The molecule has 0 aliphatic heterocycles. The first-order valence-electron chi connectivity index (χ1n) is 9.39. The van der Waals surface area contributed by atoms with E-state index < -0.39 is 0 Å². The highest BCUT2D eigenvalue weighted by Gasteiger charge is 2.31. The van der Waals surface area contributed by atoms with Crippen LogP contribution in [0.4, 0.5) is 5.82 Å². The molecule has 27 heavy (non-hydrogen) atoms. The van der Waals surface area contributed by atoms with Crippen LogP contribution in [0.25, 0.3) is 0 Å². The summed E-state index contributed by atoms with van der Waals surface area (Å²) in [5.74, 6) is 1.03. The summed E-state index contributed by atoms with van der Waals surface area (Å²) < 4.78 is 3.64. The van der Waals surface area contributed by atoms with Gasteiger partial charge < -0.3 is 5.32 Å². The molecule has 1 N–H and O–H groups in total. The van der Waals surface area contributed by atoms with Crippen molar-refractivity contribution in [1.82, 2.24) is 19.6 Å². The van der Waals surface area contributed by atoms with Crippen molar-refractivity contribution in [2.45, 2.75) is 51.6 Å². The summed E-state index contributed by atoms with van der Waals surface area (Å²) in [5, 5.41) is 12.1. The van der Waals surface area contributed by atoms with Gasteiger partial charge in [0.1, 0.15) is 11.5 Å². The minimum Gasteiger partial charge on any atom is -0.305 e. The Bertz CT molecular complexity index is 945. The number of carbonyl (C=O) groups excluding carboxylic acids is 1. The van der Waals surface area contributed by atoms with E-state index in [4.69, 9.17) is 5.10 Å². The van der Waals surface area contributed by atoms with Crippen LogP contribution in [0.1, 0.15) is 61.3 Å². The van der Waals surface area contributed by atoms with Gasteiger partial charge in [0.05, 0.1) is 24.0 Å². The van der Waals surface area contributed by atoms with E-state index in [9.17, 15) is 4.79 Å². The predicted octanol–water partition coefficient (Wildman–Crippen LogP) is 4.01. The minimum atomic E-state index is -0.260. The molecule has 3 aromatic rings. The van der Waals surface area contributed by atoms with Crippen molar-refractivity contribution in [2.24, 2.45) is 0 Å². The summed E-state index contributed by atoms with van der Waals surface area (Å²) in [7, 11) is 0. The first-order chi connectivity index (χ1) is 12.9. The molecule has 1 amide bonds. The molecule has 1 saturated carbocycles. The predicted molar refractivity (Wildman–Crippen MR) is 105 cm³/mol. The molecule has 1 fully saturated rings. The molecular weight excluding hydrogens is 338 g/mol. The number of hydrogen-bond donors (Lipinski definition) is 1. The Labute approximate surface area is 159 Å². The third kappa shape index (κ3) is 3.79. The molecule has 0 saturated heterocycles. The average molecular weight is 363 g/mol. The van der Waals surface area contributed by atoms with Gasteiger partial charge in [0.2, 0.25) is 0 Å². The highest BCUT2D eigenvalue weighted by Crippen LogP contribution is 2.40. The first kappa shape index (κ1) is 17.5. The number of carbonyl (C=O) groups is 1. The molecule has 4 rings (SSSR count). The van der Waals surface area contributed by atoms with E-state index in [1.165, 1.54) is 0 Å². The van der Waals surface area contributed by atoms with E-state index in [1.54, 1.807) is 10.9 Å². The molecule has 0 atom stereocenters. The summed E-state index contributed by atoms with van der Waals surface area (Å²) in [6, 6.07) is 13.8. The van der Waals surface area contributed by atoms with Crippen molar-refractivity contribution in [3.05, 3.63) is 65.6 Å². The second-order valence-electron chi connectivity index (χ2n) is 8.13.